The smallest absolute Gasteiger partial charge is 0.293 e. The highest BCUT2D eigenvalue weighted by molar-refractivity contribution is 7.89. The highest BCUT2D eigenvalue weighted by atomic mass is 32.2. The van der Waals surface area contributed by atoms with Crippen LogP contribution in [0.4, 0.5) is 11.4 Å². The molecule has 2 aromatic rings. The van der Waals surface area contributed by atoms with Crippen LogP contribution in [-0.4, -0.2) is 30.7 Å². The van der Waals surface area contributed by atoms with Crippen molar-refractivity contribution in [2.24, 2.45) is 0 Å². The van der Waals surface area contributed by atoms with Crippen LogP contribution < -0.4 is 5.32 Å². The van der Waals surface area contributed by atoms with E-state index in [1.165, 1.54) is 16.4 Å². The number of nitrogens with one attached hydrogen (secondary N) is 1. The molecule has 0 amide bonds. The Kier molecular flexibility index (Phi) is 5.90. The van der Waals surface area contributed by atoms with Gasteiger partial charge in [-0.1, -0.05) is 18.9 Å². The summed E-state index contributed by atoms with van der Waals surface area (Å²) < 4.78 is 27.2. The maximum atomic E-state index is 12.9. The van der Waals surface area contributed by atoms with E-state index >= 15 is 0 Å². The first-order chi connectivity index (χ1) is 12.5. The molecule has 3 rings (SSSR count). The Balaban J connectivity index is 1.86. The third-order valence-electron chi connectivity index (χ3n) is 4.40. The van der Waals surface area contributed by atoms with Crippen LogP contribution in [0.5, 0.6) is 0 Å². The Labute approximate surface area is 156 Å². The third-order valence-corrected chi connectivity index (χ3v) is 7.17. The first-order valence-electron chi connectivity index (χ1n) is 8.53. The summed E-state index contributed by atoms with van der Waals surface area (Å²) in [7, 11) is -3.71. The second-order valence-corrected chi connectivity index (χ2v) is 9.16. The summed E-state index contributed by atoms with van der Waals surface area (Å²) in [6.07, 6.45) is 3.67. The van der Waals surface area contributed by atoms with E-state index in [1.807, 2.05) is 17.5 Å². The maximum Gasteiger partial charge on any atom is 0.293 e. The summed E-state index contributed by atoms with van der Waals surface area (Å²) in [5, 5.41) is 16.4. The Morgan fingerprint density at radius 2 is 1.88 bits per heavy atom. The topological polar surface area (TPSA) is 92.5 Å². The van der Waals surface area contributed by atoms with E-state index in [0.29, 0.717) is 25.3 Å². The van der Waals surface area contributed by atoms with Crippen molar-refractivity contribution in [1.29, 1.82) is 0 Å². The molecule has 1 aliphatic heterocycles. The van der Waals surface area contributed by atoms with Crippen molar-refractivity contribution in [2.75, 3.05) is 18.4 Å². The zero-order valence-corrected chi connectivity index (χ0v) is 15.9. The molecule has 1 fully saturated rings. The van der Waals surface area contributed by atoms with Gasteiger partial charge < -0.3 is 5.32 Å². The van der Waals surface area contributed by atoms with Gasteiger partial charge in [0.2, 0.25) is 10.0 Å². The Morgan fingerprint density at radius 3 is 2.50 bits per heavy atom. The molecular formula is C17H21N3O4S2. The highest BCUT2D eigenvalue weighted by Gasteiger charge is 2.28. The van der Waals surface area contributed by atoms with E-state index in [0.717, 1.165) is 36.6 Å². The van der Waals surface area contributed by atoms with E-state index in [-0.39, 0.29) is 10.6 Å². The van der Waals surface area contributed by atoms with Gasteiger partial charge in [-0.15, -0.1) is 11.3 Å². The summed E-state index contributed by atoms with van der Waals surface area (Å²) >= 11 is 1.55. The largest absolute Gasteiger partial charge is 0.375 e. The first-order valence-corrected chi connectivity index (χ1v) is 10.9. The van der Waals surface area contributed by atoms with Crippen molar-refractivity contribution < 1.29 is 13.3 Å². The fourth-order valence-corrected chi connectivity index (χ4v) is 5.18. The molecule has 1 aromatic heterocycles. The molecule has 7 nitrogen and oxygen atoms in total. The van der Waals surface area contributed by atoms with Gasteiger partial charge in [-0.2, -0.15) is 4.31 Å². The number of benzene rings is 1. The summed E-state index contributed by atoms with van der Waals surface area (Å²) in [4.78, 5) is 11.9. The average Bonchev–Trinajstić information content (AvgIpc) is 2.99. The molecule has 0 saturated carbocycles. The molecule has 1 N–H and O–H groups in total. The second kappa shape index (κ2) is 8.15. The number of sulfonamides is 1. The zero-order chi connectivity index (χ0) is 18.6. The lowest BCUT2D eigenvalue weighted by molar-refractivity contribution is -0.384. The van der Waals surface area contributed by atoms with Gasteiger partial charge in [-0.05, 0) is 36.4 Å². The monoisotopic (exact) mass is 395 g/mol. The molecule has 0 radical (unpaired) electrons. The van der Waals surface area contributed by atoms with Gasteiger partial charge in [0.1, 0.15) is 5.69 Å². The van der Waals surface area contributed by atoms with E-state index in [2.05, 4.69) is 5.32 Å². The number of hydrogen-bond donors (Lipinski definition) is 1. The number of nitro groups is 1. The molecule has 0 aliphatic carbocycles. The van der Waals surface area contributed by atoms with E-state index in [9.17, 15) is 18.5 Å². The number of anilines is 1. The number of hydrogen-bond acceptors (Lipinski definition) is 6. The Hall–Kier alpha value is -1.97. The van der Waals surface area contributed by atoms with Crippen molar-refractivity contribution in [1.82, 2.24) is 4.31 Å². The first kappa shape index (κ1) is 18.8. The normalized spacial score (nSPS) is 16.2. The van der Waals surface area contributed by atoms with Gasteiger partial charge in [0, 0.05) is 30.6 Å². The molecule has 140 valence electrons. The van der Waals surface area contributed by atoms with Crippen molar-refractivity contribution in [3.63, 3.8) is 0 Å². The molecule has 9 heteroatoms. The summed E-state index contributed by atoms with van der Waals surface area (Å²) in [5.74, 6) is 0. The van der Waals surface area contributed by atoms with E-state index in [4.69, 9.17) is 0 Å². The van der Waals surface area contributed by atoms with Crippen LogP contribution in [0.15, 0.2) is 40.6 Å². The van der Waals surface area contributed by atoms with Crippen LogP contribution in [-0.2, 0) is 16.6 Å². The quantitative estimate of drug-likeness (QED) is 0.593. The summed E-state index contributed by atoms with van der Waals surface area (Å²) in [6.45, 7) is 1.39. The number of nitro benzene ring substituents is 1. The highest BCUT2D eigenvalue weighted by Crippen LogP contribution is 2.30. The predicted molar refractivity (Wildman–Crippen MR) is 102 cm³/mol. The molecule has 0 unspecified atom stereocenters. The number of thiophene rings is 1. The zero-order valence-electron chi connectivity index (χ0n) is 14.3. The predicted octanol–water partition coefficient (Wildman–Crippen LogP) is 3.83. The minimum atomic E-state index is -3.71. The van der Waals surface area contributed by atoms with Gasteiger partial charge in [0.15, 0.2) is 0 Å². The van der Waals surface area contributed by atoms with Crippen LogP contribution in [0.1, 0.15) is 30.6 Å². The second-order valence-electron chi connectivity index (χ2n) is 6.19. The van der Waals surface area contributed by atoms with E-state index in [1.54, 1.807) is 11.3 Å². The fraction of sp³-hybridized carbons (Fsp3) is 0.412. The van der Waals surface area contributed by atoms with E-state index < -0.39 is 14.9 Å². The minimum absolute atomic E-state index is 0.0206. The fourth-order valence-electron chi connectivity index (χ4n) is 3.00. The van der Waals surface area contributed by atoms with Gasteiger partial charge in [0.05, 0.1) is 9.82 Å². The summed E-state index contributed by atoms with van der Waals surface area (Å²) in [6, 6.07) is 7.94. The molecule has 2 heterocycles. The van der Waals surface area contributed by atoms with Crippen molar-refractivity contribution in [3.8, 4) is 0 Å². The Bertz CT molecular complexity index is 858. The number of rotatable bonds is 6. The van der Waals surface area contributed by atoms with Crippen molar-refractivity contribution in [3.05, 3.63) is 50.7 Å². The lowest BCUT2D eigenvalue weighted by Crippen LogP contribution is -2.32. The van der Waals surface area contributed by atoms with Crippen LogP contribution in [0.2, 0.25) is 0 Å². The lowest BCUT2D eigenvalue weighted by Gasteiger charge is -2.20. The van der Waals surface area contributed by atoms with Crippen LogP contribution in [0.3, 0.4) is 0 Å². The Morgan fingerprint density at radius 1 is 1.15 bits per heavy atom. The van der Waals surface area contributed by atoms with Gasteiger partial charge in [-0.25, -0.2) is 8.42 Å². The van der Waals surface area contributed by atoms with Crippen molar-refractivity contribution >= 4 is 32.7 Å². The molecule has 1 saturated heterocycles. The van der Waals surface area contributed by atoms with Crippen LogP contribution in [0, 0.1) is 10.1 Å². The molecule has 26 heavy (non-hydrogen) atoms. The number of nitrogens with zero attached hydrogens (tertiary/aromatic N) is 2. The minimum Gasteiger partial charge on any atom is -0.375 e. The van der Waals surface area contributed by atoms with Crippen LogP contribution in [0.25, 0.3) is 0 Å². The van der Waals surface area contributed by atoms with Gasteiger partial charge in [0.25, 0.3) is 5.69 Å². The van der Waals surface area contributed by atoms with Crippen LogP contribution >= 0.6 is 11.3 Å². The third kappa shape index (κ3) is 4.22. The van der Waals surface area contributed by atoms with Gasteiger partial charge >= 0.3 is 0 Å². The molecular weight excluding hydrogens is 374 g/mol. The molecule has 1 aromatic carbocycles. The SMILES string of the molecule is O=[N+]([O-])c1cc(S(=O)(=O)N2CCCCCC2)ccc1NCc1cccs1. The van der Waals surface area contributed by atoms with Gasteiger partial charge in [-0.3, -0.25) is 10.1 Å². The lowest BCUT2D eigenvalue weighted by atomic mass is 10.2. The average molecular weight is 396 g/mol. The summed E-state index contributed by atoms with van der Waals surface area (Å²) in [5.41, 5.74) is 0.0932. The molecule has 0 bridgehead atoms. The molecule has 1 aliphatic rings. The molecule has 0 spiro atoms. The van der Waals surface area contributed by atoms with Crippen molar-refractivity contribution in [2.45, 2.75) is 37.1 Å². The molecule has 0 atom stereocenters. The maximum absolute atomic E-state index is 12.9. The standard InChI is InChI=1S/C17H21N3O4S2/c21-20(22)17-12-15(26(23,24)19-9-3-1-2-4-10-19)7-8-16(17)18-13-14-6-5-11-25-14/h5-8,11-12,18H,1-4,9-10,13H2.